The Hall–Kier alpha value is -4.52. The minimum atomic E-state index is -4.59. The number of likely N-dealkylation sites (N-methyl/N-ethyl adjacent to an activating group) is 1. The second kappa shape index (κ2) is 13.9. The number of halogens is 4. The van der Waals surface area contributed by atoms with Crippen LogP contribution < -0.4 is 15.8 Å². The van der Waals surface area contributed by atoms with Gasteiger partial charge >= 0.3 is 6.18 Å². The lowest BCUT2D eigenvalue weighted by Gasteiger charge is -2.33. The summed E-state index contributed by atoms with van der Waals surface area (Å²) in [4.78, 5) is 30.5. The van der Waals surface area contributed by atoms with Crippen LogP contribution in [0.25, 0.3) is 11.4 Å². The maximum atomic E-state index is 14.1. The number of rotatable bonds is 8. The van der Waals surface area contributed by atoms with Gasteiger partial charge in [-0.1, -0.05) is 23.7 Å². The zero-order chi connectivity index (χ0) is 33.0. The number of nitrogen functional groups attached to an aromatic ring is 1. The first-order valence-electron chi connectivity index (χ1n) is 14.5. The fraction of sp³-hybridized carbons (Fsp3) is 0.273. The number of carbonyl (C=O) groups excluding carboxylic acids is 1. The Morgan fingerprint density at radius 2 is 1.78 bits per heavy atom. The molecule has 0 spiro atoms. The normalized spacial score (nSPS) is 14.5. The second-order valence-corrected chi connectivity index (χ2v) is 11.5. The Morgan fingerprint density at radius 1 is 1.07 bits per heavy atom. The number of aryl methyl sites for hydroxylation is 1. The highest BCUT2D eigenvalue weighted by molar-refractivity contribution is 6.30. The predicted molar refractivity (Wildman–Crippen MR) is 174 cm³/mol. The molecule has 5 rings (SSSR count). The van der Waals surface area contributed by atoms with Crippen LogP contribution in [0.15, 0.2) is 65.7 Å². The van der Waals surface area contributed by atoms with Gasteiger partial charge in [-0.05, 0) is 73.6 Å². The number of amides is 1. The fourth-order valence-electron chi connectivity index (χ4n) is 5.04. The van der Waals surface area contributed by atoms with Crippen LogP contribution in [0.1, 0.15) is 32.6 Å². The third-order valence-electron chi connectivity index (χ3n) is 7.63. The molecular weight excluding hydrogens is 619 g/mol. The number of piperazine rings is 1. The number of benzene rings is 3. The number of nitrogens with one attached hydrogen (secondary N) is 1. The summed E-state index contributed by atoms with van der Waals surface area (Å²) < 4.78 is 48.4. The van der Waals surface area contributed by atoms with Crippen molar-refractivity contribution in [2.24, 2.45) is 4.99 Å². The number of alkyl halides is 3. The molecule has 240 valence electrons. The number of anilines is 2. The third-order valence-corrected chi connectivity index (χ3v) is 7.88. The summed E-state index contributed by atoms with van der Waals surface area (Å²) in [6.07, 6.45) is -3.13. The second-order valence-electron chi connectivity index (χ2n) is 11.0. The molecule has 2 heterocycles. The summed E-state index contributed by atoms with van der Waals surface area (Å²) in [6.45, 7) is 4.84. The molecule has 13 heteroatoms. The number of carbonyl (C=O) groups is 1. The summed E-state index contributed by atoms with van der Waals surface area (Å²) in [5.74, 6) is 0.174. The zero-order valence-electron chi connectivity index (χ0n) is 25.5. The molecule has 1 saturated heterocycles. The SMILES string of the molecule is CN=Cc1c(N)nc(-c2ccc(Cl)cc2)nc1Oc1ccc(C)c(C(=O)Nc2ccc(CN3CCN(C)CC3)c(C(F)(F)F)c2)c1. The van der Waals surface area contributed by atoms with Gasteiger partial charge in [-0.3, -0.25) is 14.7 Å². The van der Waals surface area contributed by atoms with Crippen LogP contribution >= 0.6 is 11.6 Å². The van der Waals surface area contributed by atoms with Gasteiger partial charge in [0.05, 0.1) is 11.1 Å². The molecule has 1 aliphatic heterocycles. The summed E-state index contributed by atoms with van der Waals surface area (Å²) in [5.41, 5.74) is 7.43. The molecule has 0 bridgehead atoms. The van der Waals surface area contributed by atoms with Crippen molar-refractivity contribution in [3.8, 4) is 23.0 Å². The van der Waals surface area contributed by atoms with Crippen LogP contribution in [0.4, 0.5) is 24.7 Å². The van der Waals surface area contributed by atoms with Crippen LogP contribution in [-0.2, 0) is 12.7 Å². The van der Waals surface area contributed by atoms with Crippen molar-refractivity contribution < 1.29 is 22.7 Å². The lowest BCUT2D eigenvalue weighted by atomic mass is 10.0. The number of aliphatic imine (C=N–C) groups is 1. The zero-order valence-corrected chi connectivity index (χ0v) is 26.3. The largest absolute Gasteiger partial charge is 0.438 e. The topological polar surface area (TPSA) is 109 Å². The van der Waals surface area contributed by atoms with Gasteiger partial charge in [-0.15, -0.1) is 0 Å². The van der Waals surface area contributed by atoms with E-state index < -0.39 is 17.6 Å². The smallest absolute Gasteiger partial charge is 0.416 e. The van der Waals surface area contributed by atoms with E-state index in [4.69, 9.17) is 22.1 Å². The molecule has 0 unspecified atom stereocenters. The van der Waals surface area contributed by atoms with Gasteiger partial charge in [0.2, 0.25) is 5.88 Å². The molecule has 46 heavy (non-hydrogen) atoms. The van der Waals surface area contributed by atoms with Crippen molar-refractivity contribution in [3.63, 3.8) is 0 Å². The van der Waals surface area contributed by atoms with E-state index in [0.29, 0.717) is 40.6 Å². The van der Waals surface area contributed by atoms with Crippen LogP contribution in [0.2, 0.25) is 5.02 Å². The first-order valence-corrected chi connectivity index (χ1v) is 14.9. The van der Waals surface area contributed by atoms with Gasteiger partial charge in [0.1, 0.15) is 11.6 Å². The van der Waals surface area contributed by atoms with Gasteiger partial charge in [-0.2, -0.15) is 18.2 Å². The van der Waals surface area contributed by atoms with E-state index in [1.165, 1.54) is 24.4 Å². The number of hydrogen-bond donors (Lipinski definition) is 2. The predicted octanol–water partition coefficient (Wildman–Crippen LogP) is 6.55. The summed E-state index contributed by atoms with van der Waals surface area (Å²) >= 11 is 6.02. The highest BCUT2D eigenvalue weighted by atomic mass is 35.5. The molecule has 0 radical (unpaired) electrons. The van der Waals surface area contributed by atoms with Crippen molar-refractivity contribution in [1.29, 1.82) is 0 Å². The molecular formula is C33H33ClF3N7O2. The molecule has 1 fully saturated rings. The first kappa shape index (κ1) is 32.9. The van der Waals surface area contributed by atoms with Crippen molar-refractivity contribution in [2.45, 2.75) is 19.6 Å². The monoisotopic (exact) mass is 651 g/mol. The van der Waals surface area contributed by atoms with Crippen LogP contribution in [-0.4, -0.2) is 72.2 Å². The highest BCUT2D eigenvalue weighted by Crippen LogP contribution is 2.35. The molecule has 9 nitrogen and oxygen atoms in total. The summed E-state index contributed by atoms with van der Waals surface area (Å²) in [6, 6.07) is 15.6. The van der Waals surface area contributed by atoms with Crippen molar-refractivity contribution >= 4 is 35.2 Å². The Balaban J connectivity index is 1.40. The van der Waals surface area contributed by atoms with Gasteiger partial charge in [-0.25, -0.2) is 4.98 Å². The van der Waals surface area contributed by atoms with E-state index in [1.807, 2.05) is 11.9 Å². The lowest BCUT2D eigenvalue weighted by Crippen LogP contribution is -2.44. The van der Waals surface area contributed by atoms with E-state index in [2.05, 4.69) is 25.2 Å². The van der Waals surface area contributed by atoms with E-state index in [0.717, 1.165) is 19.2 Å². The number of nitrogens with two attached hydrogens (primary N) is 1. The summed E-state index contributed by atoms with van der Waals surface area (Å²) in [5, 5.41) is 3.17. The number of nitrogens with zero attached hydrogens (tertiary/aromatic N) is 5. The quantitative estimate of drug-likeness (QED) is 0.208. The molecule has 0 aliphatic carbocycles. The molecule has 1 amide bonds. The Kier molecular flexibility index (Phi) is 9.90. The fourth-order valence-corrected chi connectivity index (χ4v) is 5.17. The maximum Gasteiger partial charge on any atom is 0.416 e. The molecule has 1 aliphatic rings. The molecule has 0 saturated carbocycles. The standard InChI is InChI=1S/C33H33ClF3N7O2/c1-20-4-11-25(46-32-27(18-39-2)29(38)41-30(42-32)21-5-8-23(34)9-6-21)17-26(20)31(45)40-24-10-7-22(28(16-24)33(35,36)37)19-44-14-12-43(3)13-15-44/h4-11,16-18H,12-15,19H2,1-3H3,(H,40,45)(H2,38,41,42). The van der Waals surface area contributed by atoms with Crippen LogP contribution in [0.5, 0.6) is 11.6 Å². The maximum absolute atomic E-state index is 14.1. The van der Waals surface area contributed by atoms with Crippen molar-refractivity contribution in [2.75, 3.05) is 51.3 Å². The van der Waals surface area contributed by atoms with Gasteiger partial charge in [0.15, 0.2) is 5.82 Å². The third kappa shape index (κ3) is 7.82. The van der Waals surface area contributed by atoms with E-state index >= 15 is 0 Å². The van der Waals surface area contributed by atoms with E-state index in [9.17, 15) is 18.0 Å². The number of aromatic nitrogens is 2. The highest BCUT2D eigenvalue weighted by Gasteiger charge is 2.34. The minimum Gasteiger partial charge on any atom is -0.438 e. The van der Waals surface area contributed by atoms with Crippen LogP contribution in [0.3, 0.4) is 0 Å². The van der Waals surface area contributed by atoms with Gasteiger partial charge in [0, 0.05) is 67.8 Å². The number of ether oxygens (including phenoxy) is 1. The van der Waals surface area contributed by atoms with Crippen LogP contribution in [0, 0.1) is 6.92 Å². The Labute approximate surface area is 269 Å². The lowest BCUT2D eigenvalue weighted by molar-refractivity contribution is -0.138. The first-order chi connectivity index (χ1) is 21.9. The average Bonchev–Trinajstić information content (AvgIpc) is 3.01. The van der Waals surface area contributed by atoms with Crippen molar-refractivity contribution in [1.82, 2.24) is 19.8 Å². The van der Waals surface area contributed by atoms with Crippen molar-refractivity contribution in [3.05, 3.63) is 93.5 Å². The van der Waals surface area contributed by atoms with Gasteiger partial charge < -0.3 is 20.7 Å². The average molecular weight is 652 g/mol. The minimum absolute atomic E-state index is 0.0304. The van der Waals surface area contributed by atoms with E-state index in [1.54, 1.807) is 50.4 Å². The number of hydrogen-bond acceptors (Lipinski definition) is 8. The molecule has 0 atom stereocenters. The molecule has 4 aromatic rings. The van der Waals surface area contributed by atoms with Gasteiger partial charge in [0.25, 0.3) is 5.91 Å². The molecule has 1 aromatic heterocycles. The molecule has 3 N–H and O–H groups in total. The summed E-state index contributed by atoms with van der Waals surface area (Å²) in [7, 11) is 3.55. The molecule has 3 aromatic carbocycles. The Bertz CT molecular complexity index is 1760. The van der Waals surface area contributed by atoms with E-state index in [-0.39, 0.29) is 40.8 Å². The Morgan fingerprint density at radius 3 is 2.46 bits per heavy atom.